The maximum Gasteiger partial charge on any atom is 0.187 e. The standard InChI is InChI=1S/C13H23NO2/c1-6-10-7-11(9(2)3)13(16-5)14-8-12(10)15-4/h9,11H,6-8H2,1-5H3. The van der Waals surface area contributed by atoms with Gasteiger partial charge in [0.2, 0.25) is 0 Å². The zero-order valence-corrected chi connectivity index (χ0v) is 11.0. The third kappa shape index (κ3) is 2.77. The van der Waals surface area contributed by atoms with E-state index in [1.54, 1.807) is 14.2 Å². The van der Waals surface area contributed by atoms with Crippen LogP contribution in [-0.4, -0.2) is 26.7 Å². The molecule has 1 heterocycles. The summed E-state index contributed by atoms with van der Waals surface area (Å²) < 4.78 is 10.8. The van der Waals surface area contributed by atoms with Crippen molar-refractivity contribution in [3.05, 3.63) is 11.3 Å². The van der Waals surface area contributed by atoms with Crippen molar-refractivity contribution >= 4 is 5.90 Å². The van der Waals surface area contributed by atoms with Crippen molar-refractivity contribution in [1.29, 1.82) is 0 Å². The molecule has 0 aromatic heterocycles. The summed E-state index contributed by atoms with van der Waals surface area (Å²) in [7, 11) is 3.43. The average Bonchev–Trinajstić information content (AvgIpc) is 2.46. The fourth-order valence-electron chi connectivity index (χ4n) is 2.13. The number of nitrogens with zero attached hydrogens (tertiary/aromatic N) is 1. The molecule has 0 fully saturated rings. The quantitative estimate of drug-likeness (QED) is 0.739. The Hall–Kier alpha value is -0.990. The Morgan fingerprint density at radius 2 is 2.00 bits per heavy atom. The fourth-order valence-corrected chi connectivity index (χ4v) is 2.13. The van der Waals surface area contributed by atoms with E-state index in [2.05, 4.69) is 25.8 Å². The molecule has 1 rings (SSSR count). The van der Waals surface area contributed by atoms with Crippen molar-refractivity contribution in [2.45, 2.75) is 33.6 Å². The second kappa shape index (κ2) is 5.92. The molecule has 0 N–H and O–H groups in total. The maximum atomic E-state index is 5.41. The highest BCUT2D eigenvalue weighted by molar-refractivity contribution is 5.79. The molecule has 0 aromatic carbocycles. The number of aliphatic imine (C=N–C) groups is 1. The molecule has 3 nitrogen and oxygen atoms in total. The average molecular weight is 225 g/mol. The van der Waals surface area contributed by atoms with Gasteiger partial charge in [0.1, 0.15) is 5.76 Å². The van der Waals surface area contributed by atoms with Crippen LogP contribution < -0.4 is 0 Å². The Balaban J connectivity index is 2.97. The van der Waals surface area contributed by atoms with E-state index < -0.39 is 0 Å². The van der Waals surface area contributed by atoms with E-state index in [1.165, 1.54) is 5.57 Å². The van der Waals surface area contributed by atoms with Gasteiger partial charge >= 0.3 is 0 Å². The first kappa shape index (κ1) is 13.1. The molecular formula is C13H23NO2. The fraction of sp³-hybridized carbons (Fsp3) is 0.769. The van der Waals surface area contributed by atoms with E-state index in [1.807, 2.05) is 0 Å². The second-order valence-electron chi connectivity index (χ2n) is 4.50. The largest absolute Gasteiger partial charge is 0.499 e. The molecule has 1 atom stereocenters. The van der Waals surface area contributed by atoms with Crippen LogP contribution in [0.1, 0.15) is 33.6 Å². The third-order valence-corrected chi connectivity index (χ3v) is 3.24. The first-order valence-corrected chi connectivity index (χ1v) is 5.97. The van der Waals surface area contributed by atoms with Gasteiger partial charge in [-0.05, 0) is 24.3 Å². The van der Waals surface area contributed by atoms with Gasteiger partial charge in [0.05, 0.1) is 20.8 Å². The predicted molar refractivity (Wildman–Crippen MR) is 66.6 cm³/mol. The SMILES string of the molecule is CCC1=C(OC)CN=C(OC)C(C(C)C)C1. The summed E-state index contributed by atoms with van der Waals surface area (Å²) in [5, 5.41) is 0. The highest BCUT2D eigenvalue weighted by atomic mass is 16.5. The van der Waals surface area contributed by atoms with Gasteiger partial charge in [0, 0.05) is 5.92 Å². The lowest BCUT2D eigenvalue weighted by Gasteiger charge is -2.21. The van der Waals surface area contributed by atoms with Gasteiger partial charge in [0.15, 0.2) is 5.90 Å². The summed E-state index contributed by atoms with van der Waals surface area (Å²) >= 11 is 0. The Labute approximate surface area is 98.5 Å². The summed E-state index contributed by atoms with van der Waals surface area (Å²) in [6.45, 7) is 7.21. The monoisotopic (exact) mass is 225 g/mol. The molecule has 16 heavy (non-hydrogen) atoms. The first-order valence-electron chi connectivity index (χ1n) is 5.97. The molecular weight excluding hydrogens is 202 g/mol. The lowest BCUT2D eigenvalue weighted by Crippen LogP contribution is -2.22. The van der Waals surface area contributed by atoms with Crippen LogP contribution in [0.2, 0.25) is 0 Å². The van der Waals surface area contributed by atoms with Gasteiger partial charge in [-0.25, -0.2) is 4.99 Å². The van der Waals surface area contributed by atoms with Gasteiger partial charge in [0.25, 0.3) is 0 Å². The summed E-state index contributed by atoms with van der Waals surface area (Å²) in [5.41, 5.74) is 1.37. The minimum Gasteiger partial charge on any atom is -0.499 e. The van der Waals surface area contributed by atoms with Crippen LogP contribution in [0.15, 0.2) is 16.3 Å². The Morgan fingerprint density at radius 1 is 1.31 bits per heavy atom. The molecule has 0 saturated carbocycles. The molecule has 0 spiro atoms. The van der Waals surface area contributed by atoms with Gasteiger partial charge in [-0.3, -0.25) is 0 Å². The van der Waals surface area contributed by atoms with Crippen molar-refractivity contribution in [3.8, 4) is 0 Å². The Morgan fingerprint density at radius 3 is 2.44 bits per heavy atom. The van der Waals surface area contributed by atoms with Crippen LogP contribution in [-0.2, 0) is 9.47 Å². The number of methoxy groups -OCH3 is 2. The van der Waals surface area contributed by atoms with Crippen molar-refractivity contribution in [2.75, 3.05) is 20.8 Å². The minimum absolute atomic E-state index is 0.382. The molecule has 1 unspecified atom stereocenters. The minimum atomic E-state index is 0.382. The van der Waals surface area contributed by atoms with Gasteiger partial charge in [-0.1, -0.05) is 20.8 Å². The molecule has 0 aromatic rings. The van der Waals surface area contributed by atoms with E-state index >= 15 is 0 Å². The number of ether oxygens (including phenoxy) is 2. The molecule has 0 aliphatic carbocycles. The van der Waals surface area contributed by atoms with Gasteiger partial charge < -0.3 is 9.47 Å². The Kier molecular flexibility index (Phi) is 4.84. The zero-order valence-electron chi connectivity index (χ0n) is 11.0. The van der Waals surface area contributed by atoms with Gasteiger partial charge in [-0.15, -0.1) is 0 Å². The van der Waals surface area contributed by atoms with Crippen molar-refractivity contribution < 1.29 is 9.47 Å². The van der Waals surface area contributed by atoms with Crippen LogP contribution >= 0.6 is 0 Å². The zero-order chi connectivity index (χ0) is 12.1. The van der Waals surface area contributed by atoms with Crippen molar-refractivity contribution in [1.82, 2.24) is 0 Å². The lowest BCUT2D eigenvalue weighted by atomic mass is 9.88. The molecule has 0 bridgehead atoms. The molecule has 3 heteroatoms. The summed E-state index contributed by atoms with van der Waals surface area (Å²) in [6.07, 6.45) is 2.03. The first-order chi connectivity index (χ1) is 7.63. The van der Waals surface area contributed by atoms with Crippen molar-refractivity contribution in [3.63, 3.8) is 0 Å². The van der Waals surface area contributed by atoms with E-state index in [9.17, 15) is 0 Å². The van der Waals surface area contributed by atoms with E-state index in [4.69, 9.17) is 9.47 Å². The summed E-state index contributed by atoms with van der Waals surface area (Å²) in [5.74, 6) is 2.80. The molecule has 1 aliphatic heterocycles. The highest BCUT2D eigenvalue weighted by Gasteiger charge is 2.26. The Bertz CT molecular complexity index is 292. The number of hydrogen-bond acceptors (Lipinski definition) is 3. The smallest absolute Gasteiger partial charge is 0.187 e. The van der Waals surface area contributed by atoms with E-state index in [-0.39, 0.29) is 0 Å². The van der Waals surface area contributed by atoms with Gasteiger partial charge in [-0.2, -0.15) is 0 Å². The van der Waals surface area contributed by atoms with Crippen molar-refractivity contribution in [2.24, 2.45) is 16.8 Å². The summed E-state index contributed by atoms with van der Waals surface area (Å²) in [4.78, 5) is 4.51. The maximum absolute atomic E-state index is 5.41. The molecule has 0 saturated heterocycles. The van der Waals surface area contributed by atoms with E-state index in [0.29, 0.717) is 18.4 Å². The van der Waals surface area contributed by atoms with Crippen LogP contribution in [0.4, 0.5) is 0 Å². The number of rotatable bonds is 3. The van der Waals surface area contributed by atoms with Crippen LogP contribution in [0, 0.1) is 11.8 Å². The topological polar surface area (TPSA) is 30.8 Å². The number of hydrogen-bond donors (Lipinski definition) is 0. The molecule has 0 radical (unpaired) electrons. The third-order valence-electron chi connectivity index (χ3n) is 3.24. The second-order valence-corrected chi connectivity index (χ2v) is 4.50. The molecule has 0 amide bonds. The van der Waals surface area contributed by atoms with E-state index in [0.717, 1.165) is 24.5 Å². The molecule has 92 valence electrons. The number of allylic oxidation sites excluding steroid dienone is 1. The van der Waals surface area contributed by atoms with Crippen LogP contribution in [0.3, 0.4) is 0 Å². The predicted octanol–water partition coefficient (Wildman–Crippen LogP) is 3.02. The summed E-state index contributed by atoms with van der Waals surface area (Å²) in [6, 6.07) is 0. The molecule has 1 aliphatic rings. The normalized spacial score (nSPS) is 21.9. The lowest BCUT2D eigenvalue weighted by molar-refractivity contribution is 0.279. The van der Waals surface area contributed by atoms with Crippen LogP contribution in [0.25, 0.3) is 0 Å². The highest BCUT2D eigenvalue weighted by Crippen LogP contribution is 2.29. The van der Waals surface area contributed by atoms with Crippen LogP contribution in [0.5, 0.6) is 0 Å².